The standard InChI is InChI=1S/C19H22ClNO.ClH/c20-18-11-7-10-17(14-18)19(22,16-8-3-1-4-9-16)15-21-12-5-2-6-13-21;/h1,3-4,7-11,14,22H,2,5-6,12-13,15H2;1H. The largest absolute Gasteiger partial charge is 0.379 e. The van der Waals surface area contributed by atoms with Crippen LogP contribution < -0.4 is 0 Å². The lowest BCUT2D eigenvalue weighted by Gasteiger charge is -2.37. The second-order valence-electron chi connectivity index (χ2n) is 6.07. The number of hydrogen-bond donors (Lipinski definition) is 1. The van der Waals surface area contributed by atoms with Crippen molar-refractivity contribution in [1.29, 1.82) is 0 Å². The summed E-state index contributed by atoms with van der Waals surface area (Å²) in [4.78, 5) is 2.36. The van der Waals surface area contributed by atoms with Crippen LogP contribution in [0.15, 0.2) is 54.6 Å². The van der Waals surface area contributed by atoms with Crippen molar-refractivity contribution in [3.63, 3.8) is 0 Å². The Morgan fingerprint density at radius 2 is 1.57 bits per heavy atom. The molecule has 1 saturated heterocycles. The fraction of sp³-hybridized carbons (Fsp3) is 0.368. The van der Waals surface area contributed by atoms with Crippen molar-refractivity contribution in [2.75, 3.05) is 19.6 Å². The molecule has 1 heterocycles. The summed E-state index contributed by atoms with van der Waals surface area (Å²) >= 11 is 6.16. The predicted octanol–water partition coefficient (Wildman–Crippen LogP) is 4.48. The number of benzene rings is 2. The summed E-state index contributed by atoms with van der Waals surface area (Å²) in [5, 5.41) is 12.2. The van der Waals surface area contributed by atoms with Crippen LogP contribution in [0.5, 0.6) is 0 Å². The van der Waals surface area contributed by atoms with Crippen molar-refractivity contribution in [1.82, 2.24) is 4.90 Å². The van der Waals surface area contributed by atoms with E-state index in [1.54, 1.807) is 0 Å². The highest BCUT2D eigenvalue weighted by molar-refractivity contribution is 6.30. The quantitative estimate of drug-likeness (QED) is 0.877. The number of piperidine rings is 1. The van der Waals surface area contributed by atoms with E-state index in [0.29, 0.717) is 11.6 Å². The van der Waals surface area contributed by atoms with Crippen LogP contribution >= 0.6 is 24.0 Å². The maximum Gasteiger partial charge on any atom is 0.127 e. The number of nitrogens with zero attached hydrogens (tertiary/aromatic N) is 1. The molecule has 1 fully saturated rings. The summed E-state index contributed by atoms with van der Waals surface area (Å²) in [6.45, 7) is 2.71. The van der Waals surface area contributed by atoms with E-state index in [1.807, 2.05) is 54.6 Å². The molecule has 0 amide bonds. The number of β-amino-alcohol motifs (C(OH)–C–C–N with tert-alkyl or cyclic N) is 1. The minimum Gasteiger partial charge on any atom is -0.379 e. The summed E-state index contributed by atoms with van der Waals surface area (Å²) in [5.74, 6) is 0. The number of aliphatic hydroxyl groups is 1. The molecule has 4 heteroatoms. The Labute approximate surface area is 149 Å². The minimum absolute atomic E-state index is 0. The predicted molar refractivity (Wildman–Crippen MR) is 98.4 cm³/mol. The fourth-order valence-corrected chi connectivity index (χ4v) is 3.44. The van der Waals surface area contributed by atoms with Gasteiger partial charge in [-0.15, -0.1) is 12.4 Å². The molecule has 1 N–H and O–H groups in total. The van der Waals surface area contributed by atoms with Crippen LogP contribution in [0.1, 0.15) is 30.4 Å². The molecular formula is C19H23Cl2NO. The first-order valence-electron chi connectivity index (χ1n) is 7.95. The second kappa shape index (κ2) is 8.16. The Morgan fingerprint density at radius 3 is 2.22 bits per heavy atom. The molecule has 0 bridgehead atoms. The van der Waals surface area contributed by atoms with Gasteiger partial charge in [0.05, 0.1) is 0 Å². The van der Waals surface area contributed by atoms with Gasteiger partial charge >= 0.3 is 0 Å². The highest BCUT2D eigenvalue weighted by atomic mass is 35.5. The van der Waals surface area contributed by atoms with E-state index in [0.717, 1.165) is 24.2 Å². The number of hydrogen-bond acceptors (Lipinski definition) is 2. The third kappa shape index (κ3) is 4.27. The monoisotopic (exact) mass is 351 g/mol. The molecule has 0 radical (unpaired) electrons. The first kappa shape index (κ1) is 18.3. The number of likely N-dealkylation sites (tertiary alicyclic amines) is 1. The summed E-state index contributed by atoms with van der Waals surface area (Å²) in [5.41, 5.74) is 0.753. The van der Waals surface area contributed by atoms with E-state index in [9.17, 15) is 5.11 Å². The zero-order valence-electron chi connectivity index (χ0n) is 13.1. The average Bonchev–Trinajstić information content (AvgIpc) is 2.56. The Morgan fingerprint density at radius 1 is 0.913 bits per heavy atom. The van der Waals surface area contributed by atoms with Crippen LogP contribution in [0.25, 0.3) is 0 Å². The smallest absolute Gasteiger partial charge is 0.127 e. The summed E-state index contributed by atoms with van der Waals surface area (Å²) in [7, 11) is 0. The molecule has 0 saturated carbocycles. The molecule has 3 rings (SSSR count). The van der Waals surface area contributed by atoms with Crippen molar-refractivity contribution >= 4 is 24.0 Å². The molecule has 23 heavy (non-hydrogen) atoms. The molecule has 1 atom stereocenters. The maximum absolute atomic E-state index is 11.5. The summed E-state index contributed by atoms with van der Waals surface area (Å²) in [6.07, 6.45) is 3.71. The minimum atomic E-state index is -1.02. The van der Waals surface area contributed by atoms with Gasteiger partial charge in [0, 0.05) is 11.6 Å². The number of halogens is 2. The Hall–Kier alpha value is -1.06. The van der Waals surface area contributed by atoms with E-state index in [2.05, 4.69) is 4.90 Å². The lowest BCUT2D eigenvalue weighted by atomic mass is 9.85. The lowest BCUT2D eigenvalue weighted by Crippen LogP contribution is -2.44. The van der Waals surface area contributed by atoms with Gasteiger partial charge < -0.3 is 5.11 Å². The van der Waals surface area contributed by atoms with Crippen LogP contribution in [0.4, 0.5) is 0 Å². The molecule has 0 aromatic heterocycles. The van der Waals surface area contributed by atoms with Crippen LogP contribution in [-0.4, -0.2) is 29.6 Å². The van der Waals surface area contributed by atoms with E-state index in [4.69, 9.17) is 11.6 Å². The van der Waals surface area contributed by atoms with Gasteiger partial charge in [-0.1, -0.05) is 60.5 Å². The topological polar surface area (TPSA) is 23.5 Å². The average molecular weight is 352 g/mol. The normalized spacial score (nSPS) is 18.0. The highest BCUT2D eigenvalue weighted by Crippen LogP contribution is 2.32. The third-order valence-corrected chi connectivity index (χ3v) is 4.69. The first-order valence-corrected chi connectivity index (χ1v) is 8.32. The summed E-state index contributed by atoms with van der Waals surface area (Å²) in [6, 6.07) is 17.5. The zero-order valence-corrected chi connectivity index (χ0v) is 14.7. The van der Waals surface area contributed by atoms with Gasteiger partial charge in [-0.2, -0.15) is 0 Å². The van der Waals surface area contributed by atoms with Crippen LogP contribution in [0.2, 0.25) is 5.02 Å². The molecule has 1 unspecified atom stereocenters. The maximum atomic E-state index is 11.5. The molecular weight excluding hydrogens is 329 g/mol. The first-order chi connectivity index (χ1) is 10.7. The second-order valence-corrected chi connectivity index (χ2v) is 6.51. The molecule has 0 aliphatic carbocycles. The highest BCUT2D eigenvalue weighted by Gasteiger charge is 2.34. The molecule has 124 valence electrons. The van der Waals surface area contributed by atoms with Crippen molar-refractivity contribution < 1.29 is 5.11 Å². The van der Waals surface area contributed by atoms with Gasteiger partial charge in [0.25, 0.3) is 0 Å². The van der Waals surface area contributed by atoms with E-state index in [-0.39, 0.29) is 12.4 Å². The molecule has 2 aromatic rings. The van der Waals surface area contributed by atoms with Gasteiger partial charge in [-0.05, 0) is 49.2 Å². The Kier molecular flexibility index (Phi) is 6.49. The van der Waals surface area contributed by atoms with Gasteiger partial charge in [0.1, 0.15) is 5.60 Å². The van der Waals surface area contributed by atoms with Gasteiger partial charge in [-0.25, -0.2) is 0 Å². The van der Waals surface area contributed by atoms with Crippen molar-refractivity contribution in [3.8, 4) is 0 Å². The van der Waals surface area contributed by atoms with Crippen LogP contribution in [0, 0.1) is 0 Å². The van der Waals surface area contributed by atoms with Gasteiger partial charge in [-0.3, -0.25) is 4.90 Å². The molecule has 1 aliphatic heterocycles. The van der Waals surface area contributed by atoms with E-state index >= 15 is 0 Å². The van der Waals surface area contributed by atoms with Crippen LogP contribution in [-0.2, 0) is 5.60 Å². The van der Waals surface area contributed by atoms with Crippen molar-refractivity contribution in [2.24, 2.45) is 0 Å². The Balaban J connectivity index is 0.00000192. The third-order valence-electron chi connectivity index (χ3n) is 4.45. The van der Waals surface area contributed by atoms with Gasteiger partial charge in [0.15, 0.2) is 0 Å². The number of rotatable bonds is 4. The van der Waals surface area contributed by atoms with Crippen molar-refractivity contribution in [3.05, 3.63) is 70.7 Å². The molecule has 2 nitrogen and oxygen atoms in total. The molecule has 1 aliphatic rings. The van der Waals surface area contributed by atoms with E-state index < -0.39 is 5.60 Å². The SMILES string of the molecule is Cl.OC(CN1CCCCC1)(c1ccccc1)c1cccc(Cl)c1. The molecule has 2 aromatic carbocycles. The Bertz CT molecular complexity index is 614. The zero-order chi connectivity index (χ0) is 15.4. The lowest BCUT2D eigenvalue weighted by molar-refractivity contribution is 0.0293. The van der Waals surface area contributed by atoms with Gasteiger partial charge in [0.2, 0.25) is 0 Å². The summed E-state index contributed by atoms with van der Waals surface area (Å²) < 4.78 is 0. The fourth-order valence-electron chi connectivity index (χ4n) is 3.25. The van der Waals surface area contributed by atoms with E-state index in [1.165, 1.54) is 19.3 Å². The van der Waals surface area contributed by atoms with Crippen molar-refractivity contribution in [2.45, 2.75) is 24.9 Å². The van der Waals surface area contributed by atoms with Crippen LogP contribution in [0.3, 0.4) is 0 Å². The molecule has 0 spiro atoms.